The van der Waals surface area contributed by atoms with Gasteiger partial charge in [-0.15, -0.1) is 0 Å². The first-order valence-corrected chi connectivity index (χ1v) is 11.2. The lowest BCUT2D eigenvalue weighted by Gasteiger charge is -2.33. The minimum absolute atomic E-state index is 0.0558. The van der Waals surface area contributed by atoms with E-state index in [9.17, 15) is 18.0 Å². The molecule has 0 atom stereocenters. The summed E-state index contributed by atoms with van der Waals surface area (Å²) < 4.78 is 44.6. The van der Waals surface area contributed by atoms with Crippen molar-refractivity contribution in [2.75, 3.05) is 20.2 Å². The third kappa shape index (κ3) is 4.89. The molecule has 3 aromatic rings. The van der Waals surface area contributed by atoms with Crippen LogP contribution < -0.4 is 4.74 Å². The van der Waals surface area contributed by atoms with Gasteiger partial charge in [0.25, 0.3) is 0 Å². The van der Waals surface area contributed by atoms with E-state index in [-0.39, 0.29) is 18.6 Å². The highest BCUT2D eigenvalue weighted by molar-refractivity contribution is 6.36. The molecule has 0 spiro atoms. The van der Waals surface area contributed by atoms with Crippen molar-refractivity contribution in [3.8, 4) is 11.8 Å². The number of piperidine rings is 1. The standard InChI is InChI=1S/C26H22ClF3N2O2/c1-34-23-13-18-6-7-19(25(33)17-4-2-16(14-31)3-5-17)12-21(18)24(27)22(23)15-32-10-8-20(9-11-32)26(28,29)30/h2-7,12-13,20H,8-11,15H2,1H3. The maximum atomic E-state index is 13.0. The van der Waals surface area contributed by atoms with Gasteiger partial charge >= 0.3 is 6.18 Å². The summed E-state index contributed by atoms with van der Waals surface area (Å²) in [5.41, 5.74) is 2.05. The van der Waals surface area contributed by atoms with E-state index in [2.05, 4.69) is 0 Å². The molecule has 1 aliphatic heterocycles. The predicted octanol–water partition coefficient (Wildman–Crippen LogP) is 6.38. The largest absolute Gasteiger partial charge is 0.496 e. The van der Waals surface area contributed by atoms with E-state index in [1.54, 1.807) is 42.5 Å². The molecule has 0 radical (unpaired) electrons. The van der Waals surface area contributed by atoms with Crippen molar-refractivity contribution in [2.24, 2.45) is 5.92 Å². The second-order valence-electron chi connectivity index (χ2n) is 8.42. The van der Waals surface area contributed by atoms with Gasteiger partial charge in [0.1, 0.15) is 5.75 Å². The van der Waals surface area contributed by atoms with Crippen molar-refractivity contribution in [2.45, 2.75) is 25.6 Å². The highest BCUT2D eigenvalue weighted by Gasteiger charge is 2.41. The number of halogens is 4. The smallest absolute Gasteiger partial charge is 0.391 e. The van der Waals surface area contributed by atoms with Crippen molar-refractivity contribution in [1.29, 1.82) is 5.26 Å². The molecule has 0 aromatic heterocycles. The molecule has 1 fully saturated rings. The molecule has 0 amide bonds. The first-order chi connectivity index (χ1) is 16.2. The van der Waals surface area contributed by atoms with E-state index >= 15 is 0 Å². The second-order valence-corrected chi connectivity index (χ2v) is 8.80. The van der Waals surface area contributed by atoms with Crippen LogP contribution in [0.4, 0.5) is 13.2 Å². The zero-order chi connectivity index (χ0) is 24.5. The fourth-order valence-electron chi connectivity index (χ4n) is 4.35. The summed E-state index contributed by atoms with van der Waals surface area (Å²) in [5, 5.41) is 10.8. The van der Waals surface area contributed by atoms with Crippen LogP contribution in [0.25, 0.3) is 10.8 Å². The van der Waals surface area contributed by atoms with E-state index in [1.165, 1.54) is 7.11 Å². The highest BCUT2D eigenvalue weighted by atomic mass is 35.5. The fraction of sp³-hybridized carbons (Fsp3) is 0.308. The number of hydrogen-bond acceptors (Lipinski definition) is 4. The van der Waals surface area contributed by atoms with Gasteiger partial charge in [-0.25, -0.2) is 0 Å². The maximum Gasteiger partial charge on any atom is 0.391 e. The fourth-order valence-corrected chi connectivity index (χ4v) is 4.66. The molecular weight excluding hydrogens is 465 g/mol. The van der Waals surface area contributed by atoms with Crippen LogP contribution in [0.15, 0.2) is 48.5 Å². The van der Waals surface area contributed by atoms with Gasteiger partial charge in [-0.2, -0.15) is 18.4 Å². The number of alkyl halides is 3. The first kappa shape index (κ1) is 24.1. The summed E-state index contributed by atoms with van der Waals surface area (Å²) in [4.78, 5) is 14.9. The van der Waals surface area contributed by atoms with Crippen molar-refractivity contribution >= 4 is 28.2 Å². The van der Waals surface area contributed by atoms with E-state index < -0.39 is 12.1 Å². The Morgan fingerprint density at radius 2 is 1.76 bits per heavy atom. The molecule has 1 saturated heterocycles. The lowest BCUT2D eigenvalue weighted by molar-refractivity contribution is -0.185. The number of ketones is 1. The van der Waals surface area contributed by atoms with Crippen molar-refractivity contribution in [1.82, 2.24) is 4.90 Å². The number of carbonyl (C=O) groups excluding carboxylic acids is 1. The van der Waals surface area contributed by atoms with E-state index in [0.29, 0.717) is 58.0 Å². The molecule has 0 unspecified atom stereocenters. The Hall–Kier alpha value is -3.08. The Labute approximate surface area is 200 Å². The minimum atomic E-state index is -4.16. The molecule has 1 heterocycles. The highest BCUT2D eigenvalue weighted by Crippen LogP contribution is 2.38. The Kier molecular flexibility index (Phi) is 6.83. The van der Waals surface area contributed by atoms with E-state index in [1.807, 2.05) is 17.0 Å². The number of methoxy groups -OCH3 is 1. The van der Waals surface area contributed by atoms with E-state index in [4.69, 9.17) is 21.6 Å². The Morgan fingerprint density at radius 1 is 1.12 bits per heavy atom. The van der Waals surface area contributed by atoms with Crippen LogP contribution >= 0.6 is 11.6 Å². The number of ether oxygens (including phenoxy) is 1. The summed E-state index contributed by atoms with van der Waals surface area (Å²) in [6.07, 6.45) is -4.05. The van der Waals surface area contributed by atoms with Gasteiger partial charge in [0.05, 0.1) is 29.7 Å². The number of rotatable bonds is 5. The normalized spacial score (nSPS) is 15.3. The van der Waals surface area contributed by atoms with Crippen LogP contribution in [-0.2, 0) is 6.54 Å². The monoisotopic (exact) mass is 486 g/mol. The third-order valence-corrected chi connectivity index (χ3v) is 6.76. The van der Waals surface area contributed by atoms with Crippen molar-refractivity contribution < 1.29 is 22.7 Å². The van der Waals surface area contributed by atoms with Gasteiger partial charge in [0.15, 0.2) is 5.78 Å². The molecule has 3 aromatic carbocycles. The van der Waals surface area contributed by atoms with E-state index in [0.717, 1.165) is 5.39 Å². The number of hydrogen-bond donors (Lipinski definition) is 0. The summed E-state index contributed by atoms with van der Waals surface area (Å²) in [6, 6.07) is 15.5. The van der Waals surface area contributed by atoms with Gasteiger partial charge in [-0.05, 0) is 67.7 Å². The predicted molar refractivity (Wildman–Crippen MR) is 124 cm³/mol. The second kappa shape index (κ2) is 9.65. The summed E-state index contributed by atoms with van der Waals surface area (Å²) in [6.45, 7) is 0.994. The Morgan fingerprint density at radius 3 is 2.35 bits per heavy atom. The van der Waals surface area contributed by atoms with Gasteiger partial charge in [0.2, 0.25) is 0 Å². The van der Waals surface area contributed by atoms with Crippen LogP contribution in [0.1, 0.15) is 39.9 Å². The zero-order valence-corrected chi connectivity index (χ0v) is 19.2. The van der Waals surface area contributed by atoms with Crippen LogP contribution in [0, 0.1) is 17.2 Å². The van der Waals surface area contributed by atoms with Crippen LogP contribution in [0.3, 0.4) is 0 Å². The Balaban J connectivity index is 1.63. The van der Waals surface area contributed by atoms with Crippen LogP contribution in [-0.4, -0.2) is 37.1 Å². The number of likely N-dealkylation sites (tertiary alicyclic amines) is 1. The maximum absolute atomic E-state index is 13.0. The number of fused-ring (bicyclic) bond motifs is 1. The van der Waals surface area contributed by atoms with Gasteiger partial charge in [-0.1, -0.05) is 23.7 Å². The number of benzene rings is 3. The molecule has 0 saturated carbocycles. The molecule has 4 nitrogen and oxygen atoms in total. The summed E-state index contributed by atoms with van der Waals surface area (Å²) in [7, 11) is 1.53. The SMILES string of the molecule is COc1cc2ccc(C(=O)c3ccc(C#N)cc3)cc2c(Cl)c1CN1CCC(C(F)(F)F)CC1. The van der Waals surface area contributed by atoms with Crippen LogP contribution in [0.5, 0.6) is 5.75 Å². The lowest BCUT2D eigenvalue weighted by atomic mass is 9.95. The van der Waals surface area contributed by atoms with Gasteiger partial charge in [0, 0.05) is 28.6 Å². The first-order valence-electron chi connectivity index (χ1n) is 10.8. The molecule has 0 N–H and O–H groups in total. The lowest BCUT2D eigenvalue weighted by Crippen LogP contribution is -2.38. The zero-order valence-electron chi connectivity index (χ0n) is 18.5. The van der Waals surface area contributed by atoms with Crippen LogP contribution in [0.2, 0.25) is 5.02 Å². The average molecular weight is 487 g/mol. The number of carbonyl (C=O) groups is 1. The topological polar surface area (TPSA) is 53.3 Å². The number of nitriles is 1. The molecule has 8 heteroatoms. The van der Waals surface area contributed by atoms with Gasteiger partial charge in [-0.3, -0.25) is 9.69 Å². The molecule has 34 heavy (non-hydrogen) atoms. The molecule has 4 rings (SSSR count). The molecule has 0 bridgehead atoms. The minimum Gasteiger partial charge on any atom is -0.496 e. The molecular formula is C26H22ClF3N2O2. The van der Waals surface area contributed by atoms with Gasteiger partial charge < -0.3 is 4.74 Å². The molecule has 176 valence electrons. The summed E-state index contributed by atoms with van der Waals surface area (Å²) >= 11 is 6.77. The number of nitrogens with zero attached hydrogens (tertiary/aromatic N) is 2. The Bertz CT molecular complexity index is 1260. The summed E-state index contributed by atoms with van der Waals surface area (Å²) in [5.74, 6) is -0.913. The third-order valence-electron chi connectivity index (χ3n) is 6.33. The van der Waals surface area contributed by atoms with Crippen molar-refractivity contribution in [3.63, 3.8) is 0 Å². The quantitative estimate of drug-likeness (QED) is 0.393. The average Bonchev–Trinajstić information content (AvgIpc) is 2.84. The molecule has 1 aliphatic rings. The van der Waals surface area contributed by atoms with Crippen molar-refractivity contribution in [3.05, 3.63) is 75.8 Å². The molecule has 0 aliphatic carbocycles.